The Morgan fingerprint density at radius 3 is 0.731 bits per heavy atom. The fourth-order valence-corrected chi connectivity index (χ4v) is 12.9. The van der Waals surface area contributed by atoms with Crippen LogP contribution in [0.25, 0.3) is 0 Å². The molecule has 0 bridgehead atoms. The standard InChI is InChI=1S/C74H144O17P2/c1-7-9-11-13-15-17-19-21-22-23-24-26-28-32-40-46-52-58-73(78)90-69(62-84-71(76)56-50-44-38-31-27-25-20-18-16-14-12-10-8-2)64-88-92(80,81)86-60-68(75)61-87-93(82,83)89-65-70(63-85-72(77)57-51-45-39-35-34-37-43-49-55-67(5)6)91-74(79)59-53-47-41-33-29-30-36-42-48-54-66(3)4/h66-70,75H,7-65H2,1-6H3,(H,80,81)(H,82,83)/t68-,69-,70-/m1/s1. The first-order valence-corrected chi connectivity index (χ1v) is 41.5. The molecule has 0 aliphatic heterocycles. The Labute approximate surface area is 568 Å². The molecule has 0 saturated heterocycles. The summed E-state index contributed by atoms with van der Waals surface area (Å²) in [5, 5.41) is 10.6. The molecule has 0 radical (unpaired) electrons. The van der Waals surface area contributed by atoms with Gasteiger partial charge < -0.3 is 33.8 Å². The Kier molecular flexibility index (Phi) is 64.6. The summed E-state index contributed by atoms with van der Waals surface area (Å²) in [7, 11) is -9.91. The number of hydrogen-bond donors (Lipinski definition) is 3. The van der Waals surface area contributed by atoms with Crippen molar-refractivity contribution in [2.75, 3.05) is 39.6 Å². The molecule has 5 atom stereocenters. The van der Waals surface area contributed by atoms with Gasteiger partial charge in [0, 0.05) is 25.7 Å². The Hall–Kier alpha value is -1.94. The van der Waals surface area contributed by atoms with Crippen molar-refractivity contribution >= 4 is 39.5 Å². The molecule has 0 aromatic heterocycles. The monoisotopic (exact) mass is 1370 g/mol. The molecule has 0 aromatic rings. The van der Waals surface area contributed by atoms with Crippen LogP contribution in [0.4, 0.5) is 0 Å². The maximum absolute atomic E-state index is 13.1. The lowest BCUT2D eigenvalue weighted by Gasteiger charge is -2.21. The molecule has 0 spiro atoms. The van der Waals surface area contributed by atoms with Crippen molar-refractivity contribution in [2.24, 2.45) is 11.8 Å². The molecule has 0 aliphatic rings. The lowest BCUT2D eigenvalue weighted by Crippen LogP contribution is -2.30. The molecule has 17 nitrogen and oxygen atoms in total. The van der Waals surface area contributed by atoms with E-state index in [2.05, 4.69) is 41.5 Å². The average Bonchev–Trinajstić information content (AvgIpc) is 3.27. The molecule has 19 heteroatoms. The van der Waals surface area contributed by atoms with E-state index in [0.29, 0.717) is 25.7 Å². The van der Waals surface area contributed by atoms with Crippen LogP contribution in [0.2, 0.25) is 0 Å². The zero-order valence-electron chi connectivity index (χ0n) is 60.6. The Bertz CT molecular complexity index is 1800. The summed E-state index contributed by atoms with van der Waals surface area (Å²) in [5.74, 6) is -0.655. The number of aliphatic hydroxyl groups is 1. The fraction of sp³-hybridized carbons (Fsp3) is 0.946. The molecule has 552 valence electrons. The van der Waals surface area contributed by atoms with Gasteiger partial charge in [0.1, 0.15) is 19.3 Å². The highest BCUT2D eigenvalue weighted by Gasteiger charge is 2.30. The summed E-state index contributed by atoms with van der Waals surface area (Å²) in [6.45, 7) is 9.53. The van der Waals surface area contributed by atoms with Crippen LogP contribution in [0.3, 0.4) is 0 Å². The smallest absolute Gasteiger partial charge is 0.462 e. The minimum atomic E-state index is -4.95. The van der Waals surface area contributed by atoms with Gasteiger partial charge in [0.05, 0.1) is 26.4 Å². The Morgan fingerprint density at radius 2 is 0.495 bits per heavy atom. The van der Waals surface area contributed by atoms with E-state index >= 15 is 0 Å². The third kappa shape index (κ3) is 68.4. The molecular formula is C74H144O17P2. The number of phosphoric ester groups is 2. The second-order valence-corrected chi connectivity index (χ2v) is 30.5. The van der Waals surface area contributed by atoms with Crippen molar-refractivity contribution in [1.82, 2.24) is 0 Å². The number of unbranched alkanes of at least 4 members (excludes halogenated alkanes) is 43. The molecule has 0 aliphatic carbocycles. The van der Waals surface area contributed by atoms with Crippen LogP contribution in [0.1, 0.15) is 382 Å². The number of carbonyl (C=O) groups excluding carboxylic acids is 4. The summed E-state index contributed by atoms with van der Waals surface area (Å²) in [5.41, 5.74) is 0. The minimum Gasteiger partial charge on any atom is -0.462 e. The van der Waals surface area contributed by atoms with E-state index in [9.17, 15) is 43.2 Å². The van der Waals surface area contributed by atoms with Crippen LogP contribution < -0.4 is 0 Å². The predicted molar refractivity (Wildman–Crippen MR) is 377 cm³/mol. The number of phosphoric acid groups is 2. The summed E-state index contributed by atoms with van der Waals surface area (Å²) in [6.07, 6.45) is 52.7. The normalized spacial score (nSPS) is 14.1. The average molecular weight is 1370 g/mol. The SMILES string of the molecule is CCCCCCCCCCCCCCCCCCCC(=O)O[C@H](COC(=O)CCCCCCCCCCCCCCC)COP(=O)(O)OC[C@@H](O)COP(=O)(O)OC[C@@H](COC(=O)CCCCCCCCCCC(C)C)OC(=O)CCCCCCCCCCCC(C)C. The van der Waals surface area contributed by atoms with Crippen molar-refractivity contribution in [3.8, 4) is 0 Å². The molecule has 0 amide bonds. The third-order valence-electron chi connectivity index (χ3n) is 17.2. The largest absolute Gasteiger partial charge is 0.472 e. The van der Waals surface area contributed by atoms with Gasteiger partial charge in [0.15, 0.2) is 12.2 Å². The van der Waals surface area contributed by atoms with Crippen LogP contribution in [0, 0.1) is 11.8 Å². The van der Waals surface area contributed by atoms with E-state index in [0.717, 1.165) is 102 Å². The first-order chi connectivity index (χ1) is 44.9. The van der Waals surface area contributed by atoms with Gasteiger partial charge in [0.25, 0.3) is 0 Å². The topological polar surface area (TPSA) is 237 Å². The van der Waals surface area contributed by atoms with E-state index in [-0.39, 0.29) is 25.7 Å². The van der Waals surface area contributed by atoms with Crippen molar-refractivity contribution in [2.45, 2.75) is 400 Å². The van der Waals surface area contributed by atoms with E-state index in [1.165, 1.54) is 199 Å². The molecule has 0 fully saturated rings. The maximum atomic E-state index is 13.1. The van der Waals surface area contributed by atoms with E-state index in [4.69, 9.17) is 37.0 Å². The number of aliphatic hydroxyl groups excluding tert-OH is 1. The highest BCUT2D eigenvalue weighted by Crippen LogP contribution is 2.45. The van der Waals surface area contributed by atoms with Crippen molar-refractivity contribution in [1.29, 1.82) is 0 Å². The van der Waals surface area contributed by atoms with Crippen LogP contribution in [0.15, 0.2) is 0 Å². The van der Waals surface area contributed by atoms with Crippen LogP contribution >= 0.6 is 15.6 Å². The van der Waals surface area contributed by atoms with E-state index in [1.54, 1.807) is 0 Å². The summed E-state index contributed by atoms with van der Waals surface area (Å²) >= 11 is 0. The lowest BCUT2D eigenvalue weighted by molar-refractivity contribution is -0.161. The van der Waals surface area contributed by atoms with Crippen LogP contribution in [0.5, 0.6) is 0 Å². The zero-order chi connectivity index (χ0) is 68.6. The highest BCUT2D eigenvalue weighted by molar-refractivity contribution is 7.47. The van der Waals surface area contributed by atoms with Gasteiger partial charge in [-0.25, -0.2) is 9.13 Å². The summed E-state index contributed by atoms with van der Waals surface area (Å²) in [4.78, 5) is 72.7. The molecule has 93 heavy (non-hydrogen) atoms. The summed E-state index contributed by atoms with van der Waals surface area (Å²) in [6, 6.07) is 0. The number of ether oxygens (including phenoxy) is 4. The summed E-state index contributed by atoms with van der Waals surface area (Å²) < 4.78 is 68.5. The van der Waals surface area contributed by atoms with Crippen LogP contribution in [-0.2, 0) is 65.4 Å². The molecule has 0 heterocycles. The van der Waals surface area contributed by atoms with Gasteiger partial charge in [-0.15, -0.1) is 0 Å². The molecule has 3 N–H and O–H groups in total. The number of esters is 4. The first kappa shape index (κ1) is 91.1. The van der Waals surface area contributed by atoms with Crippen LogP contribution in [-0.4, -0.2) is 96.7 Å². The molecule has 0 saturated carbocycles. The Balaban J connectivity index is 5.25. The Morgan fingerprint density at radius 1 is 0.290 bits per heavy atom. The third-order valence-corrected chi connectivity index (χ3v) is 19.1. The van der Waals surface area contributed by atoms with Gasteiger partial charge in [0.2, 0.25) is 0 Å². The van der Waals surface area contributed by atoms with E-state index in [1.807, 2.05) is 0 Å². The van der Waals surface area contributed by atoms with Gasteiger partial charge >= 0.3 is 39.5 Å². The zero-order valence-corrected chi connectivity index (χ0v) is 62.3. The minimum absolute atomic E-state index is 0.105. The van der Waals surface area contributed by atoms with Crippen molar-refractivity contribution < 1.29 is 80.2 Å². The molecular weight excluding hydrogens is 1220 g/mol. The number of carbonyl (C=O) groups is 4. The van der Waals surface area contributed by atoms with Gasteiger partial charge in [-0.05, 0) is 37.5 Å². The first-order valence-electron chi connectivity index (χ1n) is 38.5. The molecule has 0 aromatic carbocycles. The molecule has 0 rings (SSSR count). The van der Waals surface area contributed by atoms with Crippen molar-refractivity contribution in [3.05, 3.63) is 0 Å². The van der Waals surface area contributed by atoms with Crippen molar-refractivity contribution in [3.63, 3.8) is 0 Å². The van der Waals surface area contributed by atoms with Gasteiger partial charge in [-0.2, -0.15) is 0 Å². The van der Waals surface area contributed by atoms with Gasteiger partial charge in [-0.3, -0.25) is 37.3 Å². The fourth-order valence-electron chi connectivity index (χ4n) is 11.3. The second kappa shape index (κ2) is 66.0. The quantitative estimate of drug-likeness (QED) is 0.0222. The lowest BCUT2D eigenvalue weighted by atomic mass is 10.0. The number of hydrogen-bond acceptors (Lipinski definition) is 15. The highest BCUT2D eigenvalue weighted by atomic mass is 31.2. The molecule has 2 unspecified atom stereocenters. The number of rotatable bonds is 73. The maximum Gasteiger partial charge on any atom is 0.472 e. The van der Waals surface area contributed by atoms with E-state index < -0.39 is 97.5 Å². The predicted octanol–water partition coefficient (Wildman–Crippen LogP) is 21.6. The second-order valence-electron chi connectivity index (χ2n) is 27.6. The van der Waals surface area contributed by atoms with Gasteiger partial charge in [-0.1, -0.05) is 330 Å².